The summed E-state index contributed by atoms with van der Waals surface area (Å²) in [6, 6.07) is 6.64. The van der Waals surface area contributed by atoms with Crippen LogP contribution in [-0.4, -0.2) is 67.7 Å². The second-order valence-electron chi connectivity index (χ2n) is 5.36. The SMILES string of the molecule is O=C(CN1CCOC1=O)N1CCN(c2ccccc2F)CC1. The van der Waals surface area contributed by atoms with Crippen LogP contribution in [0.5, 0.6) is 0 Å². The molecule has 0 spiro atoms. The van der Waals surface area contributed by atoms with E-state index in [0.717, 1.165) is 0 Å². The Bertz CT molecular complexity index is 573. The van der Waals surface area contributed by atoms with Crippen molar-refractivity contribution in [1.82, 2.24) is 9.80 Å². The average Bonchev–Trinajstić information content (AvgIpc) is 2.93. The summed E-state index contributed by atoms with van der Waals surface area (Å²) in [5.74, 6) is -0.339. The van der Waals surface area contributed by atoms with Gasteiger partial charge in [-0.05, 0) is 12.1 Å². The lowest BCUT2D eigenvalue weighted by Gasteiger charge is -2.36. The minimum atomic E-state index is -0.432. The van der Waals surface area contributed by atoms with Crippen molar-refractivity contribution in [1.29, 1.82) is 0 Å². The standard InChI is InChI=1S/C15H18FN3O3/c16-12-3-1-2-4-13(12)17-5-7-18(8-6-17)14(20)11-19-9-10-22-15(19)21/h1-4H,5-11H2. The van der Waals surface area contributed by atoms with Crippen molar-refractivity contribution < 1.29 is 18.7 Å². The molecular weight excluding hydrogens is 289 g/mol. The number of nitrogens with zero attached hydrogens (tertiary/aromatic N) is 3. The summed E-state index contributed by atoms with van der Waals surface area (Å²) >= 11 is 0. The predicted molar refractivity (Wildman–Crippen MR) is 78.1 cm³/mol. The molecule has 0 aliphatic carbocycles. The molecule has 0 saturated carbocycles. The van der Waals surface area contributed by atoms with Gasteiger partial charge in [0.05, 0.1) is 12.2 Å². The van der Waals surface area contributed by atoms with Crippen molar-refractivity contribution in [3.63, 3.8) is 0 Å². The van der Waals surface area contributed by atoms with Gasteiger partial charge in [-0.1, -0.05) is 12.1 Å². The zero-order chi connectivity index (χ0) is 15.5. The van der Waals surface area contributed by atoms with Gasteiger partial charge in [0.2, 0.25) is 5.91 Å². The molecule has 2 fully saturated rings. The summed E-state index contributed by atoms with van der Waals surface area (Å²) in [6.07, 6.45) is -0.432. The van der Waals surface area contributed by atoms with E-state index >= 15 is 0 Å². The third-order valence-corrected chi connectivity index (χ3v) is 4.00. The van der Waals surface area contributed by atoms with Gasteiger partial charge in [0.15, 0.2) is 0 Å². The number of benzene rings is 1. The Morgan fingerprint density at radius 1 is 1.14 bits per heavy atom. The van der Waals surface area contributed by atoms with Gasteiger partial charge in [-0.15, -0.1) is 0 Å². The van der Waals surface area contributed by atoms with Gasteiger partial charge < -0.3 is 14.5 Å². The molecule has 3 rings (SSSR count). The predicted octanol–water partition coefficient (Wildman–Crippen LogP) is 0.927. The topological polar surface area (TPSA) is 53.1 Å². The van der Waals surface area contributed by atoms with Gasteiger partial charge in [-0.3, -0.25) is 9.69 Å². The van der Waals surface area contributed by atoms with Crippen LogP contribution < -0.4 is 4.90 Å². The number of carbonyl (C=O) groups excluding carboxylic acids is 2. The fourth-order valence-corrected chi connectivity index (χ4v) is 2.74. The summed E-state index contributed by atoms with van der Waals surface area (Å²) < 4.78 is 18.6. The van der Waals surface area contributed by atoms with Crippen LogP contribution in [0.4, 0.5) is 14.9 Å². The second-order valence-corrected chi connectivity index (χ2v) is 5.36. The van der Waals surface area contributed by atoms with Crippen molar-refractivity contribution in [3.8, 4) is 0 Å². The van der Waals surface area contributed by atoms with Crippen LogP contribution in [-0.2, 0) is 9.53 Å². The number of hydrogen-bond acceptors (Lipinski definition) is 4. The van der Waals surface area contributed by atoms with Gasteiger partial charge in [-0.25, -0.2) is 9.18 Å². The van der Waals surface area contributed by atoms with E-state index < -0.39 is 6.09 Å². The van der Waals surface area contributed by atoms with Crippen LogP contribution >= 0.6 is 0 Å². The number of ether oxygens (including phenoxy) is 1. The normalized spacial score (nSPS) is 18.6. The van der Waals surface area contributed by atoms with E-state index in [4.69, 9.17) is 4.74 Å². The molecule has 22 heavy (non-hydrogen) atoms. The highest BCUT2D eigenvalue weighted by Crippen LogP contribution is 2.20. The molecule has 0 aromatic heterocycles. The van der Waals surface area contributed by atoms with Crippen molar-refractivity contribution in [3.05, 3.63) is 30.1 Å². The third kappa shape index (κ3) is 2.98. The fraction of sp³-hybridized carbons (Fsp3) is 0.467. The van der Waals surface area contributed by atoms with E-state index in [9.17, 15) is 14.0 Å². The van der Waals surface area contributed by atoms with E-state index in [-0.39, 0.29) is 18.3 Å². The van der Waals surface area contributed by atoms with E-state index in [2.05, 4.69) is 0 Å². The first-order valence-corrected chi connectivity index (χ1v) is 7.34. The van der Waals surface area contributed by atoms with Crippen molar-refractivity contribution in [2.24, 2.45) is 0 Å². The van der Waals surface area contributed by atoms with Gasteiger partial charge in [0.1, 0.15) is 19.0 Å². The van der Waals surface area contributed by atoms with E-state index in [1.807, 2.05) is 4.90 Å². The molecule has 1 aromatic rings. The van der Waals surface area contributed by atoms with Gasteiger partial charge in [-0.2, -0.15) is 0 Å². The monoisotopic (exact) mass is 307 g/mol. The zero-order valence-corrected chi connectivity index (χ0v) is 12.2. The summed E-state index contributed by atoms with van der Waals surface area (Å²) in [5.41, 5.74) is 0.567. The number of anilines is 1. The molecule has 2 saturated heterocycles. The summed E-state index contributed by atoms with van der Waals surface area (Å²) in [7, 11) is 0. The molecule has 1 aromatic carbocycles. The lowest BCUT2D eigenvalue weighted by atomic mass is 10.2. The zero-order valence-electron chi connectivity index (χ0n) is 12.2. The van der Waals surface area contributed by atoms with E-state index in [1.165, 1.54) is 11.0 Å². The molecule has 7 heteroatoms. The summed E-state index contributed by atoms with van der Waals surface area (Å²) in [4.78, 5) is 28.6. The molecule has 2 heterocycles. The first-order valence-electron chi connectivity index (χ1n) is 7.34. The lowest BCUT2D eigenvalue weighted by molar-refractivity contribution is -0.132. The largest absolute Gasteiger partial charge is 0.448 e. The molecule has 6 nitrogen and oxygen atoms in total. The third-order valence-electron chi connectivity index (χ3n) is 4.00. The molecule has 0 bridgehead atoms. The van der Waals surface area contributed by atoms with Crippen LogP contribution in [0.1, 0.15) is 0 Å². The Balaban J connectivity index is 1.54. The number of carbonyl (C=O) groups is 2. The smallest absolute Gasteiger partial charge is 0.410 e. The summed E-state index contributed by atoms with van der Waals surface area (Å²) in [6.45, 7) is 3.06. The number of rotatable bonds is 3. The van der Waals surface area contributed by atoms with Gasteiger partial charge in [0.25, 0.3) is 0 Å². The fourth-order valence-electron chi connectivity index (χ4n) is 2.74. The number of amides is 2. The Morgan fingerprint density at radius 3 is 2.50 bits per heavy atom. The highest BCUT2D eigenvalue weighted by atomic mass is 19.1. The molecule has 0 unspecified atom stereocenters. The number of para-hydroxylation sites is 1. The summed E-state index contributed by atoms with van der Waals surface area (Å²) in [5, 5.41) is 0. The van der Waals surface area contributed by atoms with E-state index in [1.54, 1.807) is 23.1 Å². The molecular formula is C15H18FN3O3. The molecule has 2 amide bonds. The first kappa shape index (κ1) is 14.6. The Labute approximate surface area is 128 Å². The van der Waals surface area contributed by atoms with Gasteiger partial charge >= 0.3 is 6.09 Å². The average molecular weight is 307 g/mol. The first-order chi connectivity index (χ1) is 10.6. The number of piperazine rings is 1. The Kier molecular flexibility index (Phi) is 4.13. The van der Waals surface area contributed by atoms with Crippen molar-refractivity contribution >= 4 is 17.7 Å². The highest BCUT2D eigenvalue weighted by Gasteiger charge is 2.28. The maximum atomic E-state index is 13.8. The maximum Gasteiger partial charge on any atom is 0.410 e. The molecule has 118 valence electrons. The molecule has 0 atom stereocenters. The number of cyclic esters (lactones) is 1. The van der Waals surface area contributed by atoms with Crippen molar-refractivity contribution in [2.45, 2.75) is 0 Å². The maximum absolute atomic E-state index is 13.8. The number of halogens is 1. The van der Waals surface area contributed by atoms with Crippen LogP contribution in [0.15, 0.2) is 24.3 Å². The van der Waals surface area contributed by atoms with Crippen LogP contribution in [0.25, 0.3) is 0 Å². The highest BCUT2D eigenvalue weighted by molar-refractivity contribution is 5.83. The molecule has 0 radical (unpaired) electrons. The van der Waals surface area contributed by atoms with Crippen LogP contribution in [0.3, 0.4) is 0 Å². The van der Waals surface area contributed by atoms with Crippen molar-refractivity contribution in [2.75, 3.05) is 50.8 Å². The minimum absolute atomic E-state index is 0.0541. The van der Waals surface area contributed by atoms with E-state index in [0.29, 0.717) is 45.0 Å². The molecule has 2 aliphatic rings. The lowest BCUT2D eigenvalue weighted by Crippen LogP contribution is -2.51. The molecule has 0 N–H and O–H groups in total. The van der Waals surface area contributed by atoms with Crippen LogP contribution in [0, 0.1) is 5.82 Å². The molecule has 2 aliphatic heterocycles. The quantitative estimate of drug-likeness (QED) is 0.833. The second kappa shape index (κ2) is 6.21. The Hall–Kier alpha value is -2.31. The Morgan fingerprint density at radius 2 is 1.86 bits per heavy atom. The number of hydrogen-bond donors (Lipinski definition) is 0. The van der Waals surface area contributed by atoms with Gasteiger partial charge in [0, 0.05) is 26.2 Å². The van der Waals surface area contributed by atoms with Crippen LogP contribution in [0.2, 0.25) is 0 Å². The minimum Gasteiger partial charge on any atom is -0.448 e.